The summed E-state index contributed by atoms with van der Waals surface area (Å²) in [6.45, 7) is 2.32. The van der Waals surface area contributed by atoms with Crippen LogP contribution in [0.25, 0.3) is 0 Å². The Morgan fingerprint density at radius 2 is 1.63 bits per heavy atom. The van der Waals surface area contributed by atoms with E-state index in [2.05, 4.69) is 39.4 Å². The molecule has 2 aliphatic heterocycles. The maximum Gasteiger partial charge on any atom is 0.263 e. The molecule has 3 heterocycles. The Hall–Kier alpha value is -2.78. The smallest absolute Gasteiger partial charge is 0.263 e. The van der Waals surface area contributed by atoms with Gasteiger partial charge in [-0.1, -0.05) is 59.8 Å². The number of fused-ring (bicyclic) bond motifs is 2. The number of carbonyl (C=O) groups excluding carboxylic acids is 1. The predicted octanol–water partition coefficient (Wildman–Crippen LogP) is 6.40. The first kappa shape index (κ1) is 22.7. The van der Waals surface area contributed by atoms with E-state index in [0.717, 1.165) is 26.7 Å². The molecule has 35 heavy (non-hydrogen) atoms. The van der Waals surface area contributed by atoms with Crippen molar-refractivity contribution in [3.05, 3.63) is 94.0 Å². The summed E-state index contributed by atoms with van der Waals surface area (Å²) in [5.74, 6) is 0.362. The van der Waals surface area contributed by atoms with Gasteiger partial charge in [0.05, 0.1) is 17.9 Å². The number of H-pyrrole nitrogens is 1. The Kier molecular flexibility index (Phi) is 5.45. The monoisotopic (exact) mass is 539 g/mol. The Bertz CT molecular complexity index is 1470. The van der Waals surface area contributed by atoms with E-state index in [4.69, 9.17) is 35.4 Å². The van der Waals surface area contributed by atoms with Crippen LogP contribution in [0.5, 0.6) is 0 Å². The fourth-order valence-corrected chi connectivity index (χ4v) is 6.47. The van der Waals surface area contributed by atoms with Crippen molar-refractivity contribution in [3.8, 4) is 0 Å². The molecule has 2 aliphatic rings. The molecule has 3 aromatic carbocycles. The highest BCUT2D eigenvalue weighted by atomic mass is 35.5. The Morgan fingerprint density at radius 3 is 2.26 bits per heavy atom. The summed E-state index contributed by atoms with van der Waals surface area (Å²) in [4.78, 5) is 17.7. The maximum absolute atomic E-state index is 13.2. The number of alkyl halides is 1. The predicted molar refractivity (Wildman–Crippen MR) is 142 cm³/mol. The molecule has 1 saturated heterocycles. The molecule has 1 N–H and O–H groups in total. The number of aromatic nitrogens is 3. The van der Waals surface area contributed by atoms with E-state index in [1.54, 1.807) is 33.6 Å². The Labute approximate surface area is 221 Å². The third-order valence-electron chi connectivity index (χ3n) is 6.54. The third kappa shape index (κ3) is 3.42. The van der Waals surface area contributed by atoms with Gasteiger partial charge in [0.2, 0.25) is 4.77 Å². The average molecular weight is 541 g/mol. The number of para-hydroxylation sites is 2. The second kappa shape index (κ2) is 8.41. The van der Waals surface area contributed by atoms with Gasteiger partial charge in [-0.25, -0.2) is 9.69 Å². The first-order chi connectivity index (χ1) is 16.9. The third-order valence-corrected chi connectivity index (χ3v) is 8.79. The number of amides is 1. The van der Waals surface area contributed by atoms with Gasteiger partial charge in [0, 0.05) is 14.8 Å². The van der Waals surface area contributed by atoms with Gasteiger partial charge in [-0.15, -0.1) is 11.6 Å². The molecule has 0 spiro atoms. The van der Waals surface area contributed by atoms with Crippen molar-refractivity contribution in [1.29, 1.82) is 0 Å². The molecule has 6 nitrogen and oxygen atoms in total. The second-order valence-corrected chi connectivity index (χ2v) is 10.9. The molecule has 2 atom stereocenters. The molecule has 0 saturated carbocycles. The zero-order valence-corrected chi connectivity index (χ0v) is 21.6. The zero-order chi connectivity index (χ0) is 24.3. The normalized spacial score (nSPS) is 20.9. The van der Waals surface area contributed by atoms with Crippen LogP contribution in [0, 0.1) is 4.77 Å². The molecule has 2 unspecified atom stereocenters. The number of carbonyl (C=O) groups is 1. The fraction of sp³-hybridized carbons (Fsp3) is 0.160. The van der Waals surface area contributed by atoms with Crippen LogP contribution in [0.1, 0.15) is 18.3 Å². The van der Waals surface area contributed by atoms with Crippen molar-refractivity contribution in [3.63, 3.8) is 0 Å². The molecule has 0 bridgehead atoms. The largest absolute Gasteiger partial charge is 0.332 e. The van der Waals surface area contributed by atoms with Crippen molar-refractivity contribution >= 4 is 64.5 Å². The van der Waals surface area contributed by atoms with E-state index < -0.39 is 10.9 Å². The number of hydrogen-bond acceptors (Lipinski definition) is 5. The molecule has 1 fully saturated rings. The minimum Gasteiger partial charge on any atom is -0.332 e. The van der Waals surface area contributed by atoms with Crippen molar-refractivity contribution in [1.82, 2.24) is 14.9 Å². The summed E-state index contributed by atoms with van der Waals surface area (Å²) in [5.41, 5.74) is 2.18. The van der Waals surface area contributed by atoms with Crippen molar-refractivity contribution < 1.29 is 4.79 Å². The number of halogens is 2. The number of rotatable bonds is 4. The fourth-order valence-electron chi connectivity index (χ4n) is 4.71. The molecule has 0 aliphatic carbocycles. The summed E-state index contributed by atoms with van der Waals surface area (Å²) >= 11 is 20.1. The minimum atomic E-state index is -0.826. The van der Waals surface area contributed by atoms with Crippen LogP contribution in [0.15, 0.2) is 82.6 Å². The lowest BCUT2D eigenvalue weighted by atomic mass is 9.80. The maximum atomic E-state index is 13.2. The molecule has 4 aromatic rings. The molecular formula is C25H19Cl2N5OS2. The van der Waals surface area contributed by atoms with E-state index >= 15 is 0 Å². The highest BCUT2D eigenvalue weighted by Gasteiger charge is 2.59. The summed E-state index contributed by atoms with van der Waals surface area (Å²) < 4.78 is 2.00. The van der Waals surface area contributed by atoms with Crippen LogP contribution in [0.4, 0.5) is 11.4 Å². The van der Waals surface area contributed by atoms with E-state index in [9.17, 15) is 4.79 Å². The molecule has 1 amide bonds. The quantitative estimate of drug-likeness (QED) is 0.185. The second-order valence-electron chi connectivity index (χ2n) is 8.55. The Balaban J connectivity index is 1.44. The van der Waals surface area contributed by atoms with Crippen LogP contribution in [0.2, 0.25) is 5.02 Å². The van der Waals surface area contributed by atoms with Gasteiger partial charge in [0.15, 0.2) is 5.82 Å². The lowest BCUT2D eigenvalue weighted by molar-refractivity contribution is -0.129. The van der Waals surface area contributed by atoms with Gasteiger partial charge in [0.25, 0.3) is 5.91 Å². The summed E-state index contributed by atoms with van der Waals surface area (Å²) in [7, 11) is 0. The molecule has 176 valence electrons. The van der Waals surface area contributed by atoms with E-state index in [-0.39, 0.29) is 5.91 Å². The van der Waals surface area contributed by atoms with Gasteiger partial charge in [0.1, 0.15) is 10.9 Å². The van der Waals surface area contributed by atoms with Gasteiger partial charge in [-0.2, -0.15) is 5.10 Å². The topological polar surface area (TPSA) is 57.2 Å². The number of nitrogens with one attached hydrogen (secondary N) is 1. The van der Waals surface area contributed by atoms with Crippen LogP contribution in [0.3, 0.4) is 0 Å². The zero-order valence-electron chi connectivity index (χ0n) is 18.5. The van der Waals surface area contributed by atoms with Crippen molar-refractivity contribution in [2.24, 2.45) is 0 Å². The van der Waals surface area contributed by atoms with E-state index in [1.165, 1.54) is 0 Å². The first-order valence-corrected chi connectivity index (χ1v) is 13.0. The van der Waals surface area contributed by atoms with E-state index in [0.29, 0.717) is 22.2 Å². The van der Waals surface area contributed by atoms with Crippen LogP contribution < -0.4 is 9.91 Å². The SMILES string of the molecule is CC1(c2ccc(Cl)cc2)C(Cl)C(=O)N1n1c(CN2c3ccccc3Sc3ccccc32)n[nH]c1=S. The van der Waals surface area contributed by atoms with Crippen LogP contribution in [-0.2, 0) is 16.9 Å². The molecule has 6 rings (SSSR count). The van der Waals surface area contributed by atoms with Crippen molar-refractivity contribution in [2.45, 2.75) is 34.2 Å². The summed E-state index contributed by atoms with van der Waals surface area (Å²) in [5, 5.41) is 8.88. The standard InChI is InChI=1S/C25H19Cl2N5OS2/c1-25(15-10-12-16(26)13-11-15)22(27)23(33)32(25)31-21(28-29-24(31)34)14-30-17-6-2-4-8-19(17)35-20-9-5-3-7-18(20)30/h2-13,22H,14H2,1H3,(H,29,34). The molecule has 1 aromatic heterocycles. The van der Waals surface area contributed by atoms with Crippen LogP contribution in [-0.4, -0.2) is 26.2 Å². The number of nitrogens with zero attached hydrogens (tertiary/aromatic N) is 4. The lowest BCUT2D eigenvalue weighted by Gasteiger charge is -2.53. The molecule has 0 radical (unpaired) electrons. The van der Waals surface area contributed by atoms with Crippen molar-refractivity contribution in [2.75, 3.05) is 9.91 Å². The van der Waals surface area contributed by atoms with Crippen LogP contribution >= 0.6 is 47.2 Å². The highest BCUT2D eigenvalue weighted by molar-refractivity contribution is 7.99. The minimum absolute atomic E-state index is 0.238. The average Bonchev–Trinajstić information content (AvgIpc) is 3.23. The first-order valence-electron chi connectivity index (χ1n) is 10.9. The number of β-lactam (4-membered cyclic amide) rings is 1. The highest BCUT2D eigenvalue weighted by Crippen LogP contribution is 2.49. The summed E-state index contributed by atoms with van der Waals surface area (Å²) in [6.07, 6.45) is 0. The number of hydrogen-bond donors (Lipinski definition) is 1. The van der Waals surface area contributed by atoms with Gasteiger partial charge >= 0.3 is 0 Å². The summed E-state index contributed by atoms with van der Waals surface area (Å²) in [6, 6.07) is 23.8. The number of aromatic amines is 1. The van der Waals surface area contributed by atoms with Gasteiger partial charge < -0.3 is 4.90 Å². The molecule has 10 heteroatoms. The Morgan fingerprint density at radius 1 is 1.03 bits per heavy atom. The lowest BCUT2D eigenvalue weighted by Crippen LogP contribution is -2.73. The van der Waals surface area contributed by atoms with Gasteiger partial charge in [-0.05, 0) is 61.1 Å². The van der Waals surface area contributed by atoms with E-state index in [1.807, 2.05) is 43.3 Å². The number of anilines is 2. The number of benzene rings is 3. The van der Waals surface area contributed by atoms with Gasteiger partial charge in [-0.3, -0.25) is 9.89 Å². The molecular weight excluding hydrogens is 521 g/mol.